The van der Waals surface area contributed by atoms with E-state index in [0.29, 0.717) is 12.7 Å². The Morgan fingerprint density at radius 2 is 1.80 bits per heavy atom. The van der Waals surface area contributed by atoms with Gasteiger partial charge in [-0.15, -0.1) is 0 Å². The first-order chi connectivity index (χ1) is 7.18. The van der Waals surface area contributed by atoms with Gasteiger partial charge in [-0.3, -0.25) is 0 Å². The van der Waals surface area contributed by atoms with Crippen LogP contribution in [-0.2, 0) is 9.47 Å². The maximum Gasteiger partial charge on any atom is 0.0780 e. The number of rotatable bonds is 6. The third kappa shape index (κ3) is 4.83. The van der Waals surface area contributed by atoms with E-state index in [1.807, 2.05) is 0 Å². The molecule has 0 N–H and O–H groups in total. The van der Waals surface area contributed by atoms with Crippen molar-refractivity contribution in [3.8, 4) is 0 Å². The van der Waals surface area contributed by atoms with Crippen molar-refractivity contribution in [3.63, 3.8) is 0 Å². The highest BCUT2D eigenvalue weighted by molar-refractivity contribution is 9.09. The van der Waals surface area contributed by atoms with Gasteiger partial charge < -0.3 is 9.47 Å². The van der Waals surface area contributed by atoms with Crippen LogP contribution in [0.2, 0.25) is 0 Å². The molecular formula is C12H23BrO2. The summed E-state index contributed by atoms with van der Waals surface area (Å²) in [4.78, 5) is 0. The molecular weight excluding hydrogens is 256 g/mol. The van der Waals surface area contributed by atoms with Gasteiger partial charge in [-0.25, -0.2) is 0 Å². The second kappa shape index (κ2) is 6.87. The van der Waals surface area contributed by atoms with Crippen LogP contribution >= 0.6 is 15.9 Å². The Labute approximate surface area is 102 Å². The number of hydrogen-bond acceptors (Lipinski definition) is 2. The molecule has 0 aromatic heterocycles. The number of hydrogen-bond donors (Lipinski definition) is 0. The molecule has 1 aliphatic carbocycles. The van der Waals surface area contributed by atoms with Gasteiger partial charge in [0.2, 0.25) is 0 Å². The highest BCUT2D eigenvalue weighted by Crippen LogP contribution is 2.33. The fourth-order valence-corrected chi connectivity index (χ4v) is 2.78. The smallest absolute Gasteiger partial charge is 0.0780 e. The van der Waals surface area contributed by atoms with Crippen LogP contribution in [0.3, 0.4) is 0 Å². The van der Waals surface area contributed by atoms with E-state index >= 15 is 0 Å². The predicted octanol–water partition coefficient (Wildman–Crippen LogP) is 3.53. The minimum atomic E-state index is 0.0958. The van der Waals surface area contributed by atoms with Gasteiger partial charge in [0.1, 0.15) is 0 Å². The van der Waals surface area contributed by atoms with E-state index in [4.69, 9.17) is 9.47 Å². The molecule has 2 nitrogen and oxygen atoms in total. The Balaban J connectivity index is 2.20. The molecule has 1 saturated carbocycles. The molecule has 0 aliphatic heterocycles. The fourth-order valence-electron chi connectivity index (χ4n) is 2.05. The third-order valence-electron chi connectivity index (χ3n) is 2.95. The van der Waals surface area contributed by atoms with E-state index in [0.717, 1.165) is 11.9 Å². The van der Waals surface area contributed by atoms with Gasteiger partial charge in [-0.05, 0) is 26.7 Å². The maximum atomic E-state index is 6.00. The zero-order valence-corrected chi connectivity index (χ0v) is 11.5. The van der Waals surface area contributed by atoms with Crippen LogP contribution in [0.1, 0.15) is 46.0 Å². The zero-order chi connectivity index (χ0) is 11.1. The van der Waals surface area contributed by atoms with Gasteiger partial charge in [0.25, 0.3) is 0 Å². The first-order valence-electron chi connectivity index (χ1n) is 6.00. The Hall–Kier alpha value is 0.400. The van der Waals surface area contributed by atoms with Crippen molar-refractivity contribution in [2.45, 2.75) is 57.7 Å². The monoisotopic (exact) mass is 278 g/mol. The standard InChI is InChI=1S/C12H23BrO2/c1-11(2)14-8-9-15-12(10-13)6-4-3-5-7-12/h11H,3-10H2,1-2H3. The summed E-state index contributed by atoms with van der Waals surface area (Å²) in [7, 11) is 0. The van der Waals surface area contributed by atoms with Crippen LogP contribution < -0.4 is 0 Å². The van der Waals surface area contributed by atoms with Gasteiger partial charge in [0.05, 0.1) is 24.9 Å². The van der Waals surface area contributed by atoms with Crippen LogP contribution in [-0.4, -0.2) is 30.2 Å². The van der Waals surface area contributed by atoms with Crippen molar-refractivity contribution < 1.29 is 9.47 Å². The van der Waals surface area contributed by atoms with E-state index in [2.05, 4.69) is 29.8 Å². The molecule has 1 fully saturated rings. The summed E-state index contributed by atoms with van der Waals surface area (Å²) < 4.78 is 11.5. The van der Waals surface area contributed by atoms with Gasteiger partial charge >= 0.3 is 0 Å². The lowest BCUT2D eigenvalue weighted by molar-refractivity contribution is -0.0785. The van der Waals surface area contributed by atoms with E-state index in [1.54, 1.807) is 0 Å². The molecule has 0 aromatic carbocycles. The molecule has 0 heterocycles. The Morgan fingerprint density at radius 1 is 1.13 bits per heavy atom. The van der Waals surface area contributed by atoms with Crippen LogP contribution in [0.4, 0.5) is 0 Å². The molecule has 3 heteroatoms. The molecule has 0 saturated heterocycles. The number of halogens is 1. The SMILES string of the molecule is CC(C)OCCOC1(CBr)CCCCC1. The Kier molecular flexibility index (Phi) is 6.17. The highest BCUT2D eigenvalue weighted by Gasteiger charge is 2.31. The second-order valence-corrected chi connectivity index (χ2v) is 5.21. The number of ether oxygens (including phenoxy) is 2. The molecule has 0 bridgehead atoms. The minimum absolute atomic E-state index is 0.0958. The average molecular weight is 279 g/mol. The number of alkyl halides is 1. The summed E-state index contributed by atoms with van der Waals surface area (Å²) in [6, 6.07) is 0. The quantitative estimate of drug-likeness (QED) is 0.547. The van der Waals surface area contributed by atoms with Crippen LogP contribution in [0.5, 0.6) is 0 Å². The van der Waals surface area contributed by atoms with Gasteiger partial charge in [0, 0.05) is 5.33 Å². The van der Waals surface area contributed by atoms with Gasteiger partial charge in [-0.2, -0.15) is 0 Å². The van der Waals surface area contributed by atoms with Crippen LogP contribution in [0.15, 0.2) is 0 Å². The molecule has 1 rings (SSSR count). The van der Waals surface area contributed by atoms with Gasteiger partial charge in [-0.1, -0.05) is 35.2 Å². The topological polar surface area (TPSA) is 18.5 Å². The maximum absolute atomic E-state index is 6.00. The molecule has 0 spiro atoms. The first kappa shape index (κ1) is 13.5. The van der Waals surface area contributed by atoms with Crippen molar-refractivity contribution in [1.82, 2.24) is 0 Å². The lowest BCUT2D eigenvalue weighted by Crippen LogP contribution is -2.38. The molecule has 0 amide bonds. The highest BCUT2D eigenvalue weighted by atomic mass is 79.9. The normalized spacial score (nSPS) is 20.8. The average Bonchev–Trinajstić information content (AvgIpc) is 2.26. The second-order valence-electron chi connectivity index (χ2n) is 4.65. The largest absolute Gasteiger partial charge is 0.376 e. The molecule has 90 valence electrons. The van der Waals surface area contributed by atoms with E-state index in [9.17, 15) is 0 Å². The van der Waals surface area contributed by atoms with Gasteiger partial charge in [0.15, 0.2) is 0 Å². The van der Waals surface area contributed by atoms with Crippen LogP contribution in [0, 0.1) is 0 Å². The van der Waals surface area contributed by atoms with Crippen molar-refractivity contribution in [2.24, 2.45) is 0 Å². The lowest BCUT2D eigenvalue weighted by atomic mass is 9.86. The fraction of sp³-hybridized carbons (Fsp3) is 1.00. The zero-order valence-electron chi connectivity index (χ0n) is 9.93. The summed E-state index contributed by atoms with van der Waals surface area (Å²) >= 11 is 3.58. The first-order valence-corrected chi connectivity index (χ1v) is 7.12. The molecule has 0 unspecified atom stereocenters. The molecule has 0 radical (unpaired) electrons. The van der Waals surface area contributed by atoms with E-state index in [-0.39, 0.29) is 5.60 Å². The molecule has 0 aromatic rings. The molecule has 0 atom stereocenters. The Morgan fingerprint density at radius 3 is 2.33 bits per heavy atom. The summed E-state index contributed by atoms with van der Waals surface area (Å²) in [6.07, 6.45) is 6.66. The van der Waals surface area contributed by atoms with E-state index in [1.165, 1.54) is 32.1 Å². The minimum Gasteiger partial charge on any atom is -0.376 e. The van der Waals surface area contributed by atoms with Crippen molar-refractivity contribution in [2.75, 3.05) is 18.5 Å². The molecule has 1 aliphatic rings. The summed E-state index contributed by atoms with van der Waals surface area (Å²) in [5, 5.41) is 0.960. The van der Waals surface area contributed by atoms with Crippen molar-refractivity contribution >= 4 is 15.9 Å². The summed E-state index contributed by atoms with van der Waals surface area (Å²) in [5.74, 6) is 0. The Bertz CT molecular complexity index is 165. The molecule has 15 heavy (non-hydrogen) atoms. The summed E-state index contributed by atoms with van der Waals surface area (Å²) in [5.41, 5.74) is 0.0958. The lowest BCUT2D eigenvalue weighted by Gasteiger charge is -2.35. The van der Waals surface area contributed by atoms with Crippen LogP contribution in [0.25, 0.3) is 0 Å². The van der Waals surface area contributed by atoms with Crippen molar-refractivity contribution in [1.29, 1.82) is 0 Å². The third-order valence-corrected chi connectivity index (χ3v) is 3.97. The predicted molar refractivity (Wildman–Crippen MR) is 66.7 cm³/mol. The van der Waals surface area contributed by atoms with E-state index < -0.39 is 0 Å². The summed E-state index contributed by atoms with van der Waals surface area (Å²) in [6.45, 7) is 5.55. The van der Waals surface area contributed by atoms with Crippen molar-refractivity contribution in [3.05, 3.63) is 0 Å².